The monoisotopic (exact) mass is 166 g/mol. The van der Waals surface area contributed by atoms with Crippen LogP contribution in [0.25, 0.3) is 0 Å². The van der Waals surface area contributed by atoms with Gasteiger partial charge in [0.2, 0.25) is 0 Å². The van der Waals surface area contributed by atoms with Crippen molar-refractivity contribution in [1.82, 2.24) is 4.98 Å². The summed E-state index contributed by atoms with van der Waals surface area (Å²) >= 11 is 0. The zero-order chi connectivity index (χ0) is 9.14. The zero-order valence-corrected chi connectivity index (χ0v) is 7.05. The summed E-state index contributed by atoms with van der Waals surface area (Å²) in [5.41, 5.74) is 2.11. The Morgan fingerprint density at radius 1 is 1.58 bits per heavy atom. The number of carbonyl (C=O) groups excluding carboxylic acids is 1. The quantitative estimate of drug-likeness (QED) is 0.552. The molecule has 0 aromatic carbocycles. The van der Waals surface area contributed by atoms with Crippen LogP contribution in [-0.2, 0) is 6.42 Å². The first-order valence-corrected chi connectivity index (χ1v) is 3.74. The Balaban J connectivity index is 3.31. The normalized spacial score (nSPS) is 9.83. The van der Waals surface area contributed by atoms with Crippen LogP contribution in [0.4, 0.5) is 5.82 Å². The third-order valence-electron chi connectivity index (χ3n) is 1.95. The average molecular weight is 166 g/mol. The van der Waals surface area contributed by atoms with Gasteiger partial charge in [0.25, 0.3) is 0 Å². The standard InChI is InChI=1S/C8H10N2O2/c1-3-6-5(2)8(10-12)9-7(6)4-11/h4,9H,3H2,1-2H3. The van der Waals surface area contributed by atoms with Crippen LogP contribution in [0.2, 0.25) is 0 Å². The number of aromatic nitrogens is 1. The van der Waals surface area contributed by atoms with Crippen LogP contribution in [0.3, 0.4) is 0 Å². The largest absolute Gasteiger partial charge is 0.334 e. The summed E-state index contributed by atoms with van der Waals surface area (Å²) in [5.74, 6) is 0.258. The maximum atomic E-state index is 10.5. The highest BCUT2D eigenvalue weighted by Gasteiger charge is 2.11. The van der Waals surface area contributed by atoms with Crippen LogP contribution in [0.1, 0.15) is 28.5 Å². The molecule has 4 heteroatoms. The molecule has 1 heterocycles. The highest BCUT2D eigenvalue weighted by atomic mass is 16.3. The van der Waals surface area contributed by atoms with Gasteiger partial charge in [-0.1, -0.05) is 6.92 Å². The van der Waals surface area contributed by atoms with Crippen LogP contribution in [0.15, 0.2) is 5.18 Å². The molecule has 1 N–H and O–H groups in total. The molecule has 0 aliphatic rings. The van der Waals surface area contributed by atoms with E-state index in [9.17, 15) is 9.70 Å². The van der Waals surface area contributed by atoms with E-state index in [-0.39, 0.29) is 5.82 Å². The molecule has 0 unspecified atom stereocenters. The average Bonchev–Trinajstić information content (AvgIpc) is 2.41. The van der Waals surface area contributed by atoms with Gasteiger partial charge in [-0.2, -0.15) is 0 Å². The fraction of sp³-hybridized carbons (Fsp3) is 0.375. The van der Waals surface area contributed by atoms with Crippen LogP contribution in [0.5, 0.6) is 0 Å². The summed E-state index contributed by atoms with van der Waals surface area (Å²) in [6, 6.07) is 0. The topological polar surface area (TPSA) is 62.3 Å². The molecule has 0 aliphatic heterocycles. The number of nitrogens with zero attached hydrogens (tertiary/aromatic N) is 1. The smallest absolute Gasteiger partial charge is 0.178 e. The lowest BCUT2D eigenvalue weighted by atomic mass is 10.1. The number of carbonyl (C=O) groups is 1. The van der Waals surface area contributed by atoms with Crippen molar-refractivity contribution in [2.75, 3.05) is 0 Å². The summed E-state index contributed by atoms with van der Waals surface area (Å²) in [5, 5.41) is 2.78. The number of nitroso groups, excluding NO2 is 1. The predicted octanol–water partition coefficient (Wildman–Crippen LogP) is 2.10. The molecule has 12 heavy (non-hydrogen) atoms. The Morgan fingerprint density at radius 2 is 2.25 bits per heavy atom. The maximum absolute atomic E-state index is 10.5. The SMILES string of the molecule is CCc1c(C=O)[nH]c(N=O)c1C. The molecule has 0 spiro atoms. The van der Waals surface area contributed by atoms with Gasteiger partial charge in [0.1, 0.15) is 0 Å². The molecule has 0 saturated heterocycles. The van der Waals surface area contributed by atoms with Crippen molar-refractivity contribution in [3.05, 3.63) is 21.7 Å². The van der Waals surface area contributed by atoms with Crippen molar-refractivity contribution in [1.29, 1.82) is 0 Å². The number of aromatic amines is 1. The van der Waals surface area contributed by atoms with Crippen LogP contribution >= 0.6 is 0 Å². The number of rotatable bonds is 3. The van der Waals surface area contributed by atoms with E-state index in [4.69, 9.17) is 0 Å². The number of aldehydes is 1. The Labute approximate surface area is 70.0 Å². The summed E-state index contributed by atoms with van der Waals surface area (Å²) in [6.45, 7) is 3.71. The van der Waals surface area contributed by atoms with Gasteiger partial charge in [0, 0.05) is 5.56 Å². The molecular weight excluding hydrogens is 156 g/mol. The van der Waals surface area contributed by atoms with Crippen molar-refractivity contribution in [2.24, 2.45) is 5.18 Å². The van der Waals surface area contributed by atoms with Crippen molar-refractivity contribution < 1.29 is 4.79 Å². The van der Waals surface area contributed by atoms with E-state index < -0.39 is 0 Å². The van der Waals surface area contributed by atoms with Crippen LogP contribution < -0.4 is 0 Å². The third-order valence-corrected chi connectivity index (χ3v) is 1.95. The third kappa shape index (κ3) is 1.15. The van der Waals surface area contributed by atoms with E-state index in [2.05, 4.69) is 10.2 Å². The fourth-order valence-corrected chi connectivity index (χ4v) is 1.29. The Hall–Kier alpha value is -1.45. The minimum absolute atomic E-state index is 0.258. The summed E-state index contributed by atoms with van der Waals surface area (Å²) in [4.78, 5) is 23.4. The van der Waals surface area contributed by atoms with E-state index >= 15 is 0 Å². The second kappa shape index (κ2) is 3.30. The van der Waals surface area contributed by atoms with Gasteiger partial charge in [-0.25, -0.2) is 0 Å². The van der Waals surface area contributed by atoms with E-state index in [0.717, 1.165) is 17.5 Å². The second-order valence-electron chi connectivity index (χ2n) is 2.55. The molecule has 0 amide bonds. The molecule has 0 saturated carbocycles. The number of H-pyrrole nitrogens is 1. The molecule has 1 rings (SSSR count). The van der Waals surface area contributed by atoms with Gasteiger partial charge in [-0.05, 0) is 24.1 Å². The van der Waals surface area contributed by atoms with Gasteiger partial charge in [-0.15, -0.1) is 4.91 Å². The molecule has 4 nitrogen and oxygen atoms in total. The molecule has 0 aliphatic carbocycles. The summed E-state index contributed by atoms with van der Waals surface area (Å²) < 4.78 is 0. The second-order valence-corrected chi connectivity index (χ2v) is 2.55. The van der Waals surface area contributed by atoms with Gasteiger partial charge in [0.05, 0.1) is 5.69 Å². The lowest BCUT2D eigenvalue weighted by Crippen LogP contribution is -1.87. The predicted molar refractivity (Wildman–Crippen MR) is 45.8 cm³/mol. The highest BCUT2D eigenvalue weighted by molar-refractivity contribution is 5.77. The molecule has 0 atom stereocenters. The van der Waals surface area contributed by atoms with E-state index in [1.807, 2.05) is 6.92 Å². The van der Waals surface area contributed by atoms with Crippen molar-refractivity contribution in [2.45, 2.75) is 20.3 Å². The maximum Gasteiger partial charge on any atom is 0.178 e. The van der Waals surface area contributed by atoms with E-state index in [1.54, 1.807) is 6.92 Å². The van der Waals surface area contributed by atoms with Crippen LogP contribution in [0, 0.1) is 11.8 Å². The minimum Gasteiger partial charge on any atom is -0.334 e. The van der Waals surface area contributed by atoms with Crippen molar-refractivity contribution in [3.63, 3.8) is 0 Å². The first kappa shape index (κ1) is 8.64. The molecular formula is C8H10N2O2. The Kier molecular flexibility index (Phi) is 2.38. The number of hydrogen-bond acceptors (Lipinski definition) is 3. The number of nitrogens with one attached hydrogen (secondary N) is 1. The minimum atomic E-state index is 0.258. The molecule has 0 radical (unpaired) electrons. The molecule has 0 bridgehead atoms. The van der Waals surface area contributed by atoms with Gasteiger partial charge in [0.15, 0.2) is 12.1 Å². The molecule has 64 valence electrons. The zero-order valence-electron chi connectivity index (χ0n) is 7.05. The van der Waals surface area contributed by atoms with Crippen LogP contribution in [-0.4, -0.2) is 11.3 Å². The molecule has 0 fully saturated rings. The van der Waals surface area contributed by atoms with E-state index in [1.165, 1.54) is 0 Å². The molecule has 1 aromatic heterocycles. The molecule has 1 aromatic rings. The first-order valence-electron chi connectivity index (χ1n) is 3.74. The summed E-state index contributed by atoms with van der Waals surface area (Å²) in [7, 11) is 0. The Morgan fingerprint density at radius 3 is 2.58 bits per heavy atom. The van der Waals surface area contributed by atoms with Crippen molar-refractivity contribution in [3.8, 4) is 0 Å². The van der Waals surface area contributed by atoms with Crippen molar-refractivity contribution >= 4 is 12.1 Å². The summed E-state index contributed by atoms with van der Waals surface area (Å²) in [6.07, 6.45) is 1.44. The van der Waals surface area contributed by atoms with Gasteiger partial charge < -0.3 is 4.98 Å². The van der Waals surface area contributed by atoms with Gasteiger partial charge >= 0.3 is 0 Å². The van der Waals surface area contributed by atoms with Gasteiger partial charge in [-0.3, -0.25) is 4.79 Å². The lowest BCUT2D eigenvalue weighted by Gasteiger charge is -1.92. The highest BCUT2D eigenvalue weighted by Crippen LogP contribution is 2.23. The van der Waals surface area contributed by atoms with E-state index in [0.29, 0.717) is 12.0 Å². The number of hydrogen-bond donors (Lipinski definition) is 1. The first-order chi connectivity index (χ1) is 5.74. The Bertz CT molecular complexity index is 315. The lowest BCUT2D eigenvalue weighted by molar-refractivity contribution is 0.111. The fourth-order valence-electron chi connectivity index (χ4n) is 1.29.